The van der Waals surface area contributed by atoms with Crippen molar-refractivity contribution < 1.29 is 4.79 Å². The maximum Gasteiger partial charge on any atom is 0.234 e. The van der Waals surface area contributed by atoms with Crippen LogP contribution < -0.4 is 5.32 Å². The predicted octanol–water partition coefficient (Wildman–Crippen LogP) is 3.85. The third-order valence-corrected chi connectivity index (χ3v) is 6.82. The molecule has 0 unspecified atom stereocenters. The summed E-state index contributed by atoms with van der Waals surface area (Å²) in [5.41, 5.74) is 3.56. The molecule has 1 aromatic heterocycles. The van der Waals surface area contributed by atoms with Crippen molar-refractivity contribution >= 4 is 27.5 Å². The molecule has 0 spiro atoms. The molecule has 0 bridgehead atoms. The quantitative estimate of drug-likeness (QED) is 0.628. The summed E-state index contributed by atoms with van der Waals surface area (Å²) in [5.74, 6) is 0.0988. The Morgan fingerprint density at radius 3 is 2.47 bits per heavy atom. The molecule has 4 rings (SSSR count). The molecule has 1 atom stereocenters. The maximum absolute atomic E-state index is 12.5. The molecule has 2 heterocycles. The largest absolute Gasteiger partial charge is 0.348 e. The highest BCUT2D eigenvalue weighted by Gasteiger charge is 2.21. The van der Waals surface area contributed by atoms with Gasteiger partial charge in [-0.25, -0.2) is 4.98 Å². The van der Waals surface area contributed by atoms with Gasteiger partial charge in [0, 0.05) is 26.2 Å². The molecule has 0 radical (unpaired) electrons. The minimum Gasteiger partial charge on any atom is -0.348 e. The van der Waals surface area contributed by atoms with Gasteiger partial charge < -0.3 is 5.32 Å². The highest BCUT2D eigenvalue weighted by molar-refractivity contribution is 7.18. The summed E-state index contributed by atoms with van der Waals surface area (Å²) in [5, 5.41) is 4.32. The van der Waals surface area contributed by atoms with Gasteiger partial charge >= 0.3 is 0 Å². The number of hydrogen-bond donors (Lipinski definition) is 1. The van der Waals surface area contributed by atoms with Crippen LogP contribution in [0.5, 0.6) is 0 Å². The number of rotatable bonds is 7. The second-order valence-electron chi connectivity index (χ2n) is 8.01. The van der Waals surface area contributed by atoms with Gasteiger partial charge in [0.25, 0.3) is 0 Å². The molecule has 2 aromatic carbocycles. The number of nitrogens with one attached hydrogen (secondary N) is 1. The minimum absolute atomic E-state index is 0.0312. The number of fused-ring (bicyclic) bond motifs is 1. The first-order valence-corrected chi connectivity index (χ1v) is 11.6. The van der Waals surface area contributed by atoms with Crippen LogP contribution in [0.2, 0.25) is 0 Å². The van der Waals surface area contributed by atoms with E-state index in [4.69, 9.17) is 4.98 Å². The van der Waals surface area contributed by atoms with Crippen molar-refractivity contribution in [3.05, 3.63) is 64.7 Å². The lowest BCUT2D eigenvalue weighted by Crippen LogP contribution is -2.49. The van der Waals surface area contributed by atoms with Crippen molar-refractivity contribution in [2.45, 2.75) is 32.9 Å². The fourth-order valence-electron chi connectivity index (χ4n) is 3.90. The zero-order valence-electron chi connectivity index (χ0n) is 17.8. The van der Waals surface area contributed by atoms with E-state index in [2.05, 4.69) is 71.4 Å². The van der Waals surface area contributed by atoms with Gasteiger partial charge in [0.15, 0.2) is 0 Å². The van der Waals surface area contributed by atoms with E-state index in [0.29, 0.717) is 6.54 Å². The molecule has 158 valence electrons. The summed E-state index contributed by atoms with van der Waals surface area (Å²) in [6, 6.07) is 16.9. The van der Waals surface area contributed by atoms with E-state index in [1.54, 1.807) is 11.3 Å². The molecule has 5 nitrogen and oxygen atoms in total. The summed E-state index contributed by atoms with van der Waals surface area (Å²) in [4.78, 5) is 21.9. The van der Waals surface area contributed by atoms with Crippen LogP contribution in [0.4, 0.5) is 0 Å². The van der Waals surface area contributed by atoms with Crippen molar-refractivity contribution in [3.8, 4) is 0 Å². The number of piperazine rings is 1. The van der Waals surface area contributed by atoms with Crippen LogP contribution in [0, 0.1) is 0 Å². The average molecular weight is 423 g/mol. The lowest BCUT2D eigenvalue weighted by Gasteiger charge is -2.34. The standard InChI is InChI=1S/C24H30N4OS/c1-3-19-8-10-20(11-9-19)18(2)25-23(29)16-27-12-14-28(15-13-27)17-24-26-21-6-4-5-7-22(21)30-24/h4-11,18H,3,12-17H2,1-2H3,(H,25,29)/t18-/m0/s1. The number of hydrogen-bond acceptors (Lipinski definition) is 5. The number of aromatic nitrogens is 1. The molecule has 1 N–H and O–H groups in total. The zero-order chi connectivity index (χ0) is 20.9. The van der Waals surface area contributed by atoms with Crippen LogP contribution in [-0.2, 0) is 17.8 Å². The monoisotopic (exact) mass is 422 g/mol. The van der Waals surface area contributed by atoms with Gasteiger partial charge in [0.2, 0.25) is 5.91 Å². The molecule has 0 aliphatic carbocycles. The van der Waals surface area contributed by atoms with E-state index in [1.807, 2.05) is 6.07 Å². The molecule has 1 aliphatic heterocycles. The van der Waals surface area contributed by atoms with E-state index in [0.717, 1.165) is 50.2 Å². The highest BCUT2D eigenvalue weighted by atomic mass is 32.1. The Balaban J connectivity index is 1.22. The molecule has 0 saturated carbocycles. The third kappa shape index (κ3) is 5.25. The Morgan fingerprint density at radius 1 is 1.07 bits per heavy atom. The van der Waals surface area contributed by atoms with Crippen LogP contribution in [0.25, 0.3) is 10.2 Å². The van der Waals surface area contributed by atoms with Gasteiger partial charge in [0.05, 0.1) is 29.3 Å². The second kappa shape index (κ2) is 9.69. The number of para-hydroxylation sites is 1. The number of aryl methyl sites for hydroxylation is 1. The molecule has 1 fully saturated rings. The molecule has 1 aliphatic rings. The predicted molar refractivity (Wildman–Crippen MR) is 124 cm³/mol. The van der Waals surface area contributed by atoms with E-state index in [1.165, 1.54) is 15.3 Å². The number of benzene rings is 2. The molecular weight excluding hydrogens is 392 g/mol. The fraction of sp³-hybridized carbons (Fsp3) is 0.417. The van der Waals surface area contributed by atoms with Crippen molar-refractivity contribution in [2.75, 3.05) is 32.7 Å². The lowest BCUT2D eigenvalue weighted by molar-refractivity contribution is -0.123. The SMILES string of the molecule is CCc1ccc([C@H](C)NC(=O)CN2CCN(Cc3nc4ccccc4s3)CC2)cc1. The summed E-state index contributed by atoms with van der Waals surface area (Å²) in [6.07, 6.45) is 1.03. The third-order valence-electron chi connectivity index (χ3n) is 5.79. The van der Waals surface area contributed by atoms with E-state index >= 15 is 0 Å². The summed E-state index contributed by atoms with van der Waals surface area (Å²) >= 11 is 1.78. The van der Waals surface area contributed by atoms with Crippen LogP contribution >= 0.6 is 11.3 Å². The van der Waals surface area contributed by atoms with Gasteiger partial charge in [0.1, 0.15) is 5.01 Å². The van der Waals surface area contributed by atoms with Gasteiger partial charge in [-0.1, -0.05) is 43.3 Å². The van der Waals surface area contributed by atoms with E-state index in [9.17, 15) is 4.79 Å². The summed E-state index contributed by atoms with van der Waals surface area (Å²) in [6.45, 7) is 9.33. The first-order chi connectivity index (χ1) is 14.6. The fourth-order valence-corrected chi connectivity index (χ4v) is 4.91. The molecule has 30 heavy (non-hydrogen) atoms. The number of carbonyl (C=O) groups excluding carboxylic acids is 1. The van der Waals surface area contributed by atoms with Crippen LogP contribution in [0.15, 0.2) is 48.5 Å². The maximum atomic E-state index is 12.5. The van der Waals surface area contributed by atoms with Crippen molar-refractivity contribution in [3.63, 3.8) is 0 Å². The Labute approximate surface area is 182 Å². The van der Waals surface area contributed by atoms with Crippen molar-refractivity contribution in [1.82, 2.24) is 20.1 Å². The second-order valence-corrected chi connectivity index (χ2v) is 9.13. The topological polar surface area (TPSA) is 48.5 Å². The van der Waals surface area contributed by atoms with E-state index in [-0.39, 0.29) is 11.9 Å². The number of amides is 1. The highest BCUT2D eigenvalue weighted by Crippen LogP contribution is 2.23. The molecular formula is C24H30N4OS. The molecule has 3 aromatic rings. The molecule has 1 saturated heterocycles. The Morgan fingerprint density at radius 2 is 1.77 bits per heavy atom. The summed E-state index contributed by atoms with van der Waals surface area (Å²) < 4.78 is 1.25. The van der Waals surface area contributed by atoms with Gasteiger partial charge in [-0.05, 0) is 36.6 Å². The Kier molecular flexibility index (Phi) is 6.77. The van der Waals surface area contributed by atoms with Crippen molar-refractivity contribution in [1.29, 1.82) is 0 Å². The van der Waals surface area contributed by atoms with Crippen molar-refractivity contribution in [2.24, 2.45) is 0 Å². The minimum atomic E-state index is 0.0312. The van der Waals surface area contributed by atoms with Crippen LogP contribution in [0.3, 0.4) is 0 Å². The number of carbonyl (C=O) groups is 1. The van der Waals surface area contributed by atoms with Crippen LogP contribution in [0.1, 0.15) is 36.0 Å². The summed E-state index contributed by atoms with van der Waals surface area (Å²) in [7, 11) is 0. The first kappa shape index (κ1) is 21.0. The normalized spacial score (nSPS) is 16.6. The molecule has 1 amide bonds. The van der Waals surface area contributed by atoms with Gasteiger partial charge in [-0.15, -0.1) is 11.3 Å². The van der Waals surface area contributed by atoms with E-state index < -0.39 is 0 Å². The van der Waals surface area contributed by atoms with Gasteiger partial charge in [-0.3, -0.25) is 14.6 Å². The average Bonchev–Trinajstić information content (AvgIpc) is 3.17. The Hall–Kier alpha value is -2.28. The van der Waals surface area contributed by atoms with Crippen LogP contribution in [-0.4, -0.2) is 53.4 Å². The smallest absolute Gasteiger partial charge is 0.234 e. The number of nitrogens with zero attached hydrogens (tertiary/aromatic N) is 3. The molecule has 6 heteroatoms. The lowest BCUT2D eigenvalue weighted by atomic mass is 10.1. The van der Waals surface area contributed by atoms with Gasteiger partial charge in [-0.2, -0.15) is 0 Å². The zero-order valence-corrected chi connectivity index (χ0v) is 18.6. The number of thiazole rings is 1. The Bertz CT molecular complexity index is 943. The first-order valence-electron chi connectivity index (χ1n) is 10.8.